The molecule has 0 saturated carbocycles. The third-order valence-electron chi connectivity index (χ3n) is 8.57. The van der Waals surface area contributed by atoms with Gasteiger partial charge in [-0.2, -0.15) is 0 Å². The lowest BCUT2D eigenvalue weighted by molar-refractivity contribution is -0.165. The van der Waals surface area contributed by atoms with Gasteiger partial charge in [-0.3, -0.25) is 4.79 Å². The van der Waals surface area contributed by atoms with Crippen LogP contribution in [0.4, 0.5) is 0 Å². The van der Waals surface area contributed by atoms with Crippen molar-refractivity contribution in [3.05, 3.63) is 106 Å². The summed E-state index contributed by atoms with van der Waals surface area (Å²) in [6, 6.07) is 13.2. The molecule has 0 spiro atoms. The van der Waals surface area contributed by atoms with Crippen molar-refractivity contribution in [3.8, 4) is 40.2 Å². The summed E-state index contributed by atoms with van der Waals surface area (Å²) in [5.41, 5.74) is 0.103. The van der Waals surface area contributed by atoms with Crippen LogP contribution in [0.2, 0.25) is 0 Å². The Bertz CT molecular complexity index is 2120. The van der Waals surface area contributed by atoms with E-state index in [4.69, 9.17) is 9.47 Å². The lowest BCUT2D eigenvalue weighted by Gasteiger charge is -2.34. The zero-order valence-corrected chi connectivity index (χ0v) is 27.1. The number of carbonyl (C=O) groups is 4. The molecule has 15 heteroatoms. The van der Waals surface area contributed by atoms with Crippen molar-refractivity contribution in [2.24, 2.45) is 0 Å². The van der Waals surface area contributed by atoms with Crippen molar-refractivity contribution in [2.75, 3.05) is 0 Å². The first-order valence-electron chi connectivity index (χ1n) is 15.5. The fourth-order valence-corrected chi connectivity index (χ4v) is 5.95. The summed E-state index contributed by atoms with van der Waals surface area (Å²) < 4.78 is 10.9. The van der Waals surface area contributed by atoms with Gasteiger partial charge in [-0.05, 0) is 77.2 Å². The summed E-state index contributed by atoms with van der Waals surface area (Å²) in [7, 11) is 0. The molecule has 5 rings (SSSR count). The van der Waals surface area contributed by atoms with Gasteiger partial charge in [0.25, 0.3) is 0 Å². The van der Waals surface area contributed by atoms with E-state index in [1.165, 1.54) is 36.4 Å². The molecule has 1 aliphatic rings. The summed E-state index contributed by atoms with van der Waals surface area (Å²) in [4.78, 5) is 52.9. The Labute approximate surface area is 294 Å². The van der Waals surface area contributed by atoms with Crippen molar-refractivity contribution in [1.29, 1.82) is 0 Å². The number of rotatable bonds is 11. The Kier molecular flexibility index (Phi) is 10.2. The van der Waals surface area contributed by atoms with Crippen LogP contribution in [0.1, 0.15) is 45.2 Å². The predicted octanol–water partition coefficient (Wildman–Crippen LogP) is 3.68. The third kappa shape index (κ3) is 7.47. The van der Waals surface area contributed by atoms with E-state index in [9.17, 15) is 65.1 Å². The molecule has 4 aromatic carbocycles. The largest absolute Gasteiger partial charge is 0.508 e. The van der Waals surface area contributed by atoms with Gasteiger partial charge in [0.2, 0.25) is 12.2 Å². The molecule has 4 unspecified atom stereocenters. The molecule has 270 valence electrons. The second-order valence-corrected chi connectivity index (χ2v) is 12.1. The topological polar surface area (TPSA) is 269 Å². The SMILES string of the molecule is Cc1cc(CC(OC(=O)C2=Cc3ccc(O)c(O)c3C(C(=O)OC(Cc3ccc(O)c(O)c3)C(=O)O)C2c2ccc(O)c(O)c2)C(=O)O)ccc1O. The zero-order chi connectivity index (χ0) is 38.0. The highest BCUT2D eigenvalue weighted by molar-refractivity contribution is 6.01. The van der Waals surface area contributed by atoms with Crippen molar-refractivity contribution in [3.63, 3.8) is 0 Å². The average Bonchev–Trinajstić information content (AvgIpc) is 3.09. The van der Waals surface area contributed by atoms with Gasteiger partial charge in [0.15, 0.2) is 34.5 Å². The summed E-state index contributed by atoms with van der Waals surface area (Å²) in [6.45, 7) is 1.58. The molecule has 4 atom stereocenters. The Hall–Kier alpha value is -6.90. The number of benzene rings is 4. The van der Waals surface area contributed by atoms with Gasteiger partial charge in [0, 0.05) is 29.9 Å². The molecular formula is C37H32O15. The summed E-state index contributed by atoms with van der Waals surface area (Å²) in [5.74, 6) is -13.2. The number of ether oxygens (including phenoxy) is 2. The van der Waals surface area contributed by atoms with Crippen molar-refractivity contribution >= 4 is 30.0 Å². The molecule has 0 aromatic heterocycles. The van der Waals surface area contributed by atoms with Gasteiger partial charge in [-0.1, -0.05) is 30.3 Å². The van der Waals surface area contributed by atoms with Crippen LogP contribution in [-0.4, -0.2) is 82.0 Å². The molecule has 0 saturated heterocycles. The molecule has 52 heavy (non-hydrogen) atoms. The second kappa shape index (κ2) is 14.5. The van der Waals surface area contributed by atoms with Crippen LogP contribution in [0.5, 0.6) is 40.2 Å². The van der Waals surface area contributed by atoms with E-state index in [1.807, 2.05) is 0 Å². The molecule has 0 amide bonds. The Balaban J connectivity index is 1.61. The zero-order valence-electron chi connectivity index (χ0n) is 27.1. The maximum Gasteiger partial charge on any atom is 0.345 e. The number of fused-ring (bicyclic) bond motifs is 1. The van der Waals surface area contributed by atoms with E-state index in [1.54, 1.807) is 6.92 Å². The minimum absolute atomic E-state index is 0.0418. The fraction of sp³-hybridized carbons (Fsp3) is 0.189. The fourth-order valence-electron chi connectivity index (χ4n) is 5.95. The van der Waals surface area contributed by atoms with Crippen LogP contribution in [0, 0.1) is 6.92 Å². The van der Waals surface area contributed by atoms with E-state index in [-0.39, 0.29) is 34.4 Å². The lowest BCUT2D eigenvalue weighted by Crippen LogP contribution is -2.37. The van der Waals surface area contributed by atoms with E-state index in [2.05, 4.69) is 0 Å². The molecule has 15 nitrogen and oxygen atoms in total. The van der Waals surface area contributed by atoms with Crippen molar-refractivity contribution in [2.45, 2.75) is 43.8 Å². The van der Waals surface area contributed by atoms with Crippen LogP contribution in [0.3, 0.4) is 0 Å². The summed E-state index contributed by atoms with van der Waals surface area (Å²) in [6.07, 6.45) is -3.45. The number of esters is 2. The number of aliphatic carboxylic acids is 2. The smallest absolute Gasteiger partial charge is 0.345 e. The van der Waals surface area contributed by atoms with Gasteiger partial charge >= 0.3 is 23.9 Å². The average molecular weight is 717 g/mol. The van der Waals surface area contributed by atoms with E-state index in [0.29, 0.717) is 11.1 Å². The lowest BCUT2D eigenvalue weighted by atomic mass is 9.71. The first-order valence-corrected chi connectivity index (χ1v) is 15.5. The second-order valence-electron chi connectivity index (χ2n) is 12.1. The first kappa shape index (κ1) is 36.4. The minimum atomic E-state index is -1.94. The predicted molar refractivity (Wildman–Crippen MR) is 178 cm³/mol. The Morgan fingerprint density at radius 1 is 0.635 bits per heavy atom. The van der Waals surface area contributed by atoms with E-state index in [0.717, 1.165) is 36.4 Å². The first-order chi connectivity index (χ1) is 24.5. The van der Waals surface area contributed by atoms with Gasteiger partial charge in [-0.25, -0.2) is 14.4 Å². The Morgan fingerprint density at radius 3 is 1.75 bits per heavy atom. The highest BCUT2D eigenvalue weighted by Gasteiger charge is 2.46. The maximum atomic E-state index is 14.2. The molecular weight excluding hydrogens is 684 g/mol. The van der Waals surface area contributed by atoms with Crippen molar-refractivity contribution < 1.29 is 74.6 Å². The van der Waals surface area contributed by atoms with Crippen LogP contribution < -0.4 is 0 Å². The number of aryl methyl sites for hydroxylation is 1. The quantitative estimate of drug-likeness (QED) is 0.0791. The standard InChI is InChI=1S/C37H32O15/c1-16-10-17(2-6-22(16)38)12-28(34(45)46)51-36(49)21-14-19-5-9-25(41)33(44)31(19)32(30(21)20-4-8-24(40)27(43)15-20)37(50)52-29(35(47)48)13-18-3-7-23(39)26(42)11-18/h2-11,14-15,28-30,32,38-44H,12-13H2,1H3,(H,45,46)(H,47,48). The number of carboxylic acids is 2. The summed E-state index contributed by atoms with van der Waals surface area (Å²) in [5, 5.41) is 91.4. The van der Waals surface area contributed by atoms with Gasteiger partial charge < -0.3 is 55.4 Å². The number of phenols is 7. The normalized spacial score (nSPS) is 16.1. The number of hydrogen-bond donors (Lipinski definition) is 9. The molecule has 4 aromatic rings. The van der Waals surface area contributed by atoms with Crippen LogP contribution in [0.15, 0.2) is 72.3 Å². The highest BCUT2D eigenvalue weighted by atomic mass is 16.6. The molecule has 0 bridgehead atoms. The van der Waals surface area contributed by atoms with Crippen LogP contribution >= 0.6 is 0 Å². The molecule has 0 heterocycles. The van der Waals surface area contributed by atoms with Gasteiger partial charge in [-0.15, -0.1) is 0 Å². The highest BCUT2D eigenvalue weighted by Crippen LogP contribution is 2.51. The number of carboxylic acid groups (broad SMARTS) is 2. The molecule has 0 aliphatic heterocycles. The third-order valence-corrected chi connectivity index (χ3v) is 8.57. The maximum absolute atomic E-state index is 14.2. The number of aromatic hydroxyl groups is 7. The monoisotopic (exact) mass is 716 g/mol. The molecule has 1 aliphatic carbocycles. The van der Waals surface area contributed by atoms with Gasteiger partial charge in [0.05, 0.1) is 5.92 Å². The number of hydrogen-bond acceptors (Lipinski definition) is 13. The van der Waals surface area contributed by atoms with Crippen LogP contribution in [0.25, 0.3) is 6.08 Å². The van der Waals surface area contributed by atoms with Gasteiger partial charge in [0.1, 0.15) is 5.75 Å². The molecule has 0 radical (unpaired) electrons. The van der Waals surface area contributed by atoms with Crippen LogP contribution in [-0.2, 0) is 41.5 Å². The number of phenolic OH excluding ortho intramolecular Hbond substituents is 7. The minimum Gasteiger partial charge on any atom is -0.508 e. The summed E-state index contributed by atoms with van der Waals surface area (Å²) >= 11 is 0. The van der Waals surface area contributed by atoms with E-state index >= 15 is 0 Å². The number of carbonyl (C=O) groups excluding carboxylic acids is 2. The van der Waals surface area contributed by atoms with E-state index < -0.39 is 94.4 Å². The van der Waals surface area contributed by atoms with Crippen molar-refractivity contribution in [1.82, 2.24) is 0 Å². The Morgan fingerprint density at radius 2 is 1.17 bits per heavy atom. The molecule has 0 fully saturated rings. The molecule has 9 N–H and O–H groups in total.